The first kappa shape index (κ1) is 13.0. The van der Waals surface area contributed by atoms with Crippen LogP contribution in [0.3, 0.4) is 0 Å². The van der Waals surface area contributed by atoms with Gasteiger partial charge in [0.25, 0.3) is 0 Å². The van der Waals surface area contributed by atoms with Gasteiger partial charge in [-0.2, -0.15) is 0 Å². The van der Waals surface area contributed by atoms with Crippen LogP contribution in [0.4, 0.5) is 0 Å². The molecule has 2 rings (SSSR count). The lowest BCUT2D eigenvalue weighted by Crippen LogP contribution is -2.42. The van der Waals surface area contributed by atoms with E-state index in [1.165, 1.54) is 10.4 Å². The topological polar surface area (TPSA) is 69.6 Å². The molecule has 1 atom stereocenters. The van der Waals surface area contributed by atoms with Gasteiger partial charge in [-0.1, -0.05) is 0 Å². The minimum absolute atomic E-state index is 0.218. The molecule has 0 bridgehead atoms. The zero-order valence-electron chi connectivity index (χ0n) is 10.2. The SMILES string of the molecule is CC1c2ccsc2CCN1CC(=O)NCC(=O)O. The minimum atomic E-state index is -1.02. The van der Waals surface area contributed by atoms with Crippen molar-refractivity contribution in [2.75, 3.05) is 19.6 Å². The van der Waals surface area contributed by atoms with Crippen LogP contribution in [0.25, 0.3) is 0 Å². The van der Waals surface area contributed by atoms with Gasteiger partial charge < -0.3 is 10.4 Å². The van der Waals surface area contributed by atoms with Crippen LogP contribution in [0.15, 0.2) is 11.4 Å². The molecular formula is C12H16N2O3S. The number of nitrogens with one attached hydrogen (secondary N) is 1. The van der Waals surface area contributed by atoms with Crippen molar-refractivity contribution >= 4 is 23.2 Å². The number of thiophene rings is 1. The van der Waals surface area contributed by atoms with Gasteiger partial charge in [-0.15, -0.1) is 11.3 Å². The number of carbonyl (C=O) groups excluding carboxylic acids is 1. The fourth-order valence-electron chi connectivity index (χ4n) is 2.19. The van der Waals surface area contributed by atoms with E-state index in [-0.39, 0.29) is 25.0 Å². The molecule has 0 saturated carbocycles. The van der Waals surface area contributed by atoms with Gasteiger partial charge in [-0.05, 0) is 30.4 Å². The lowest BCUT2D eigenvalue weighted by Gasteiger charge is -2.32. The Hall–Kier alpha value is -1.40. The highest BCUT2D eigenvalue weighted by Crippen LogP contribution is 2.32. The van der Waals surface area contributed by atoms with Gasteiger partial charge in [-0.3, -0.25) is 14.5 Å². The fourth-order valence-corrected chi connectivity index (χ4v) is 3.15. The zero-order chi connectivity index (χ0) is 13.1. The van der Waals surface area contributed by atoms with Crippen LogP contribution < -0.4 is 5.32 Å². The van der Waals surface area contributed by atoms with Gasteiger partial charge in [0.05, 0.1) is 6.54 Å². The van der Waals surface area contributed by atoms with Crippen molar-refractivity contribution in [3.05, 3.63) is 21.9 Å². The average Bonchev–Trinajstić information content (AvgIpc) is 2.79. The summed E-state index contributed by atoms with van der Waals surface area (Å²) in [6.07, 6.45) is 0.962. The summed E-state index contributed by atoms with van der Waals surface area (Å²) in [5.74, 6) is -1.25. The Balaban J connectivity index is 1.91. The summed E-state index contributed by atoms with van der Waals surface area (Å²) >= 11 is 1.76. The number of hydrogen-bond donors (Lipinski definition) is 2. The van der Waals surface area contributed by atoms with Crippen LogP contribution >= 0.6 is 11.3 Å². The standard InChI is InChI=1S/C12H16N2O3S/c1-8-9-3-5-18-10(9)2-4-14(8)7-11(15)13-6-12(16)17/h3,5,8H,2,4,6-7H2,1H3,(H,13,15)(H,16,17). The molecule has 0 aliphatic carbocycles. The highest BCUT2D eigenvalue weighted by molar-refractivity contribution is 7.10. The van der Waals surface area contributed by atoms with E-state index in [4.69, 9.17) is 5.11 Å². The Labute approximate surface area is 109 Å². The van der Waals surface area contributed by atoms with E-state index in [0.717, 1.165) is 13.0 Å². The van der Waals surface area contributed by atoms with E-state index < -0.39 is 5.97 Å². The molecule has 1 amide bonds. The maximum absolute atomic E-state index is 11.6. The van der Waals surface area contributed by atoms with Crippen LogP contribution in [-0.4, -0.2) is 41.5 Å². The molecule has 1 unspecified atom stereocenters. The summed E-state index contributed by atoms with van der Waals surface area (Å²) in [4.78, 5) is 25.4. The maximum atomic E-state index is 11.6. The summed E-state index contributed by atoms with van der Waals surface area (Å²) < 4.78 is 0. The lowest BCUT2D eigenvalue weighted by atomic mass is 10.0. The molecule has 2 heterocycles. The average molecular weight is 268 g/mol. The van der Waals surface area contributed by atoms with Crippen molar-refractivity contribution in [1.29, 1.82) is 0 Å². The van der Waals surface area contributed by atoms with Crippen molar-refractivity contribution in [1.82, 2.24) is 10.2 Å². The molecule has 5 nitrogen and oxygen atoms in total. The second-order valence-electron chi connectivity index (χ2n) is 4.37. The van der Waals surface area contributed by atoms with Crippen LogP contribution in [-0.2, 0) is 16.0 Å². The first-order valence-electron chi connectivity index (χ1n) is 5.86. The smallest absolute Gasteiger partial charge is 0.322 e. The number of amides is 1. The summed E-state index contributed by atoms with van der Waals surface area (Å²) in [6.45, 7) is 2.86. The Morgan fingerprint density at radius 1 is 1.61 bits per heavy atom. The predicted octanol–water partition coefficient (Wildman–Crippen LogP) is 0.868. The number of fused-ring (bicyclic) bond motifs is 1. The van der Waals surface area contributed by atoms with Crippen molar-refractivity contribution in [2.45, 2.75) is 19.4 Å². The van der Waals surface area contributed by atoms with E-state index in [1.807, 2.05) is 0 Å². The summed E-state index contributed by atoms with van der Waals surface area (Å²) in [5, 5.41) is 13.0. The van der Waals surface area contributed by atoms with E-state index >= 15 is 0 Å². The van der Waals surface area contributed by atoms with Crippen LogP contribution in [0.2, 0.25) is 0 Å². The van der Waals surface area contributed by atoms with E-state index in [1.54, 1.807) is 11.3 Å². The molecule has 0 spiro atoms. The van der Waals surface area contributed by atoms with Crippen molar-refractivity contribution < 1.29 is 14.7 Å². The summed E-state index contributed by atoms with van der Waals surface area (Å²) in [5.41, 5.74) is 1.29. The van der Waals surface area contributed by atoms with Gasteiger partial charge in [0.1, 0.15) is 6.54 Å². The Kier molecular flexibility index (Phi) is 3.98. The van der Waals surface area contributed by atoms with Gasteiger partial charge >= 0.3 is 5.97 Å². The van der Waals surface area contributed by atoms with E-state index in [2.05, 4.69) is 28.6 Å². The van der Waals surface area contributed by atoms with Crippen LogP contribution in [0.5, 0.6) is 0 Å². The Morgan fingerprint density at radius 3 is 3.11 bits per heavy atom. The third-order valence-corrected chi connectivity index (χ3v) is 4.18. The number of nitrogens with zero attached hydrogens (tertiary/aromatic N) is 1. The molecule has 98 valence electrons. The normalized spacial score (nSPS) is 19.3. The van der Waals surface area contributed by atoms with E-state index in [9.17, 15) is 9.59 Å². The molecule has 0 fully saturated rings. The molecule has 1 aliphatic heterocycles. The number of carboxylic acids is 1. The van der Waals surface area contributed by atoms with Crippen molar-refractivity contribution in [2.24, 2.45) is 0 Å². The number of aliphatic carboxylic acids is 1. The molecule has 1 aromatic rings. The maximum Gasteiger partial charge on any atom is 0.322 e. The third-order valence-electron chi connectivity index (χ3n) is 3.19. The molecule has 1 aliphatic rings. The van der Waals surface area contributed by atoms with Gasteiger partial charge in [0, 0.05) is 17.5 Å². The lowest BCUT2D eigenvalue weighted by molar-refractivity contribution is -0.138. The number of hydrogen-bond acceptors (Lipinski definition) is 4. The molecule has 0 radical (unpaired) electrons. The van der Waals surface area contributed by atoms with Crippen molar-refractivity contribution in [3.63, 3.8) is 0 Å². The number of carbonyl (C=O) groups is 2. The monoisotopic (exact) mass is 268 g/mol. The molecule has 1 aromatic heterocycles. The van der Waals surface area contributed by atoms with Gasteiger partial charge in [0.15, 0.2) is 0 Å². The third kappa shape index (κ3) is 2.88. The molecular weight excluding hydrogens is 252 g/mol. The van der Waals surface area contributed by atoms with E-state index in [0.29, 0.717) is 0 Å². The fraction of sp³-hybridized carbons (Fsp3) is 0.500. The van der Waals surface area contributed by atoms with Gasteiger partial charge in [-0.25, -0.2) is 0 Å². The van der Waals surface area contributed by atoms with Crippen molar-refractivity contribution in [3.8, 4) is 0 Å². The minimum Gasteiger partial charge on any atom is -0.480 e. The first-order valence-corrected chi connectivity index (χ1v) is 6.74. The highest BCUT2D eigenvalue weighted by atomic mass is 32.1. The summed E-state index contributed by atoms with van der Waals surface area (Å²) in [7, 11) is 0. The second-order valence-corrected chi connectivity index (χ2v) is 5.37. The molecule has 0 saturated heterocycles. The predicted molar refractivity (Wildman–Crippen MR) is 68.7 cm³/mol. The van der Waals surface area contributed by atoms with Gasteiger partial charge in [0.2, 0.25) is 5.91 Å². The van der Waals surface area contributed by atoms with Crippen LogP contribution in [0.1, 0.15) is 23.4 Å². The molecule has 18 heavy (non-hydrogen) atoms. The quantitative estimate of drug-likeness (QED) is 0.850. The van der Waals surface area contributed by atoms with Crippen LogP contribution in [0, 0.1) is 0 Å². The number of carboxylic acid groups (broad SMARTS) is 1. The first-order chi connectivity index (χ1) is 8.58. The second kappa shape index (κ2) is 5.49. The summed E-state index contributed by atoms with van der Waals surface area (Å²) in [6, 6.07) is 2.32. The number of rotatable bonds is 4. The zero-order valence-corrected chi connectivity index (χ0v) is 11.0. The molecule has 6 heteroatoms. The Morgan fingerprint density at radius 2 is 2.39 bits per heavy atom. The Bertz CT molecular complexity index is 458. The largest absolute Gasteiger partial charge is 0.480 e. The highest BCUT2D eigenvalue weighted by Gasteiger charge is 2.25. The molecule has 2 N–H and O–H groups in total. The molecule has 0 aromatic carbocycles.